The highest BCUT2D eigenvalue weighted by Gasteiger charge is 2.27. The molecule has 1 N–H and O–H groups in total. The number of ether oxygens (including phenoxy) is 1. The first-order chi connectivity index (χ1) is 6.54. The molecule has 0 amide bonds. The molecule has 0 heterocycles. The first kappa shape index (κ1) is 13.9. The number of hydrogen-bond acceptors (Lipinski definition) is 2. The van der Waals surface area contributed by atoms with Crippen molar-refractivity contribution >= 4 is 0 Å². The van der Waals surface area contributed by atoms with Gasteiger partial charge in [0.05, 0.1) is 12.2 Å². The Morgan fingerprint density at radius 1 is 1.14 bits per heavy atom. The zero-order chi connectivity index (χ0) is 11.1. The quantitative estimate of drug-likeness (QED) is 0.688. The van der Waals surface area contributed by atoms with E-state index in [4.69, 9.17) is 4.74 Å². The van der Waals surface area contributed by atoms with Crippen LogP contribution in [0.15, 0.2) is 0 Å². The summed E-state index contributed by atoms with van der Waals surface area (Å²) in [7, 11) is 0. The van der Waals surface area contributed by atoms with Gasteiger partial charge in [-0.25, -0.2) is 0 Å². The van der Waals surface area contributed by atoms with E-state index in [-0.39, 0.29) is 12.2 Å². The molecule has 86 valence electrons. The molecule has 0 saturated heterocycles. The summed E-state index contributed by atoms with van der Waals surface area (Å²) in [6.07, 6.45) is 1.85. The molecule has 0 fully saturated rings. The van der Waals surface area contributed by atoms with Gasteiger partial charge in [0.1, 0.15) is 0 Å². The van der Waals surface area contributed by atoms with Crippen LogP contribution in [0.25, 0.3) is 0 Å². The van der Waals surface area contributed by atoms with Gasteiger partial charge in [0.15, 0.2) is 0 Å². The zero-order valence-electron chi connectivity index (χ0n) is 10.3. The Balaban J connectivity index is 4.19. The smallest absolute Gasteiger partial charge is 0.0859 e. The third-order valence-electron chi connectivity index (χ3n) is 2.68. The van der Waals surface area contributed by atoms with Crippen LogP contribution in [0.3, 0.4) is 0 Å². The molecule has 0 aliphatic heterocycles. The van der Waals surface area contributed by atoms with Crippen molar-refractivity contribution in [1.29, 1.82) is 0 Å². The summed E-state index contributed by atoms with van der Waals surface area (Å²) in [5, 5.41) is 10.1. The number of hydrogen-bond donors (Lipinski definition) is 1. The second-order valence-electron chi connectivity index (χ2n) is 4.42. The van der Waals surface area contributed by atoms with E-state index in [1.54, 1.807) is 0 Å². The predicted octanol–water partition coefficient (Wildman–Crippen LogP) is 2.84. The molecule has 0 saturated carbocycles. The van der Waals surface area contributed by atoms with Crippen molar-refractivity contribution in [3.63, 3.8) is 0 Å². The lowest BCUT2D eigenvalue weighted by Crippen LogP contribution is -2.38. The average molecular weight is 202 g/mol. The fraction of sp³-hybridized carbons (Fsp3) is 1.00. The Morgan fingerprint density at radius 3 is 2.07 bits per heavy atom. The molecule has 0 spiro atoms. The molecule has 0 aliphatic rings. The van der Waals surface area contributed by atoms with Crippen molar-refractivity contribution in [2.75, 3.05) is 6.61 Å². The van der Waals surface area contributed by atoms with E-state index >= 15 is 0 Å². The molecule has 0 radical (unpaired) electrons. The predicted molar refractivity (Wildman–Crippen MR) is 60.3 cm³/mol. The highest BCUT2D eigenvalue weighted by Crippen LogP contribution is 2.20. The molecule has 3 atom stereocenters. The van der Waals surface area contributed by atoms with E-state index in [9.17, 15) is 5.11 Å². The lowest BCUT2D eigenvalue weighted by atomic mass is 9.90. The molecular weight excluding hydrogens is 176 g/mol. The summed E-state index contributed by atoms with van der Waals surface area (Å²) < 4.78 is 5.58. The third kappa shape index (κ3) is 4.43. The fourth-order valence-electron chi connectivity index (χ4n) is 1.83. The van der Waals surface area contributed by atoms with Gasteiger partial charge in [-0.15, -0.1) is 0 Å². The zero-order valence-corrected chi connectivity index (χ0v) is 10.3. The highest BCUT2D eigenvalue weighted by molar-refractivity contribution is 4.76. The Kier molecular flexibility index (Phi) is 7.20. The van der Waals surface area contributed by atoms with Gasteiger partial charge >= 0.3 is 0 Å². The number of aliphatic hydroxyl groups is 1. The minimum atomic E-state index is -0.324. The first-order valence-electron chi connectivity index (χ1n) is 5.84. The van der Waals surface area contributed by atoms with Gasteiger partial charge in [0.2, 0.25) is 0 Å². The number of aliphatic hydroxyl groups excluding tert-OH is 1. The lowest BCUT2D eigenvalue weighted by Gasteiger charge is -2.30. The maximum atomic E-state index is 10.1. The second-order valence-corrected chi connectivity index (χ2v) is 4.42. The molecule has 3 unspecified atom stereocenters. The van der Waals surface area contributed by atoms with Crippen molar-refractivity contribution in [3.8, 4) is 0 Å². The van der Waals surface area contributed by atoms with Crippen LogP contribution in [-0.4, -0.2) is 23.9 Å². The summed E-state index contributed by atoms with van der Waals surface area (Å²) in [6, 6.07) is 0. The van der Waals surface area contributed by atoms with Crippen LogP contribution in [-0.2, 0) is 4.74 Å². The SMILES string of the molecule is CCCC(C)C(O)C(OCC)C(C)C. The van der Waals surface area contributed by atoms with Gasteiger partial charge in [-0.2, -0.15) is 0 Å². The molecule has 2 nitrogen and oxygen atoms in total. The average Bonchev–Trinajstić information content (AvgIpc) is 2.13. The molecule has 0 aromatic heterocycles. The van der Waals surface area contributed by atoms with Crippen LogP contribution in [0, 0.1) is 11.8 Å². The van der Waals surface area contributed by atoms with Gasteiger partial charge in [-0.3, -0.25) is 0 Å². The van der Waals surface area contributed by atoms with Crippen molar-refractivity contribution in [2.45, 2.75) is 59.7 Å². The van der Waals surface area contributed by atoms with Gasteiger partial charge in [0, 0.05) is 6.61 Å². The molecule has 0 aromatic carbocycles. The summed E-state index contributed by atoms with van der Waals surface area (Å²) in [5.41, 5.74) is 0. The standard InChI is InChI=1S/C12H26O2/c1-6-8-10(5)11(13)12(9(3)4)14-7-2/h9-13H,6-8H2,1-5H3. The minimum Gasteiger partial charge on any atom is -0.390 e. The van der Waals surface area contributed by atoms with E-state index in [1.165, 1.54) is 0 Å². The van der Waals surface area contributed by atoms with E-state index in [0.29, 0.717) is 18.4 Å². The monoisotopic (exact) mass is 202 g/mol. The van der Waals surface area contributed by atoms with Crippen LogP contribution < -0.4 is 0 Å². The Bertz CT molecular complexity index is 134. The normalized spacial score (nSPS) is 18.2. The van der Waals surface area contributed by atoms with Crippen LogP contribution in [0.1, 0.15) is 47.5 Å². The van der Waals surface area contributed by atoms with E-state index in [1.807, 2.05) is 6.92 Å². The second kappa shape index (κ2) is 7.24. The molecule has 0 aromatic rings. The van der Waals surface area contributed by atoms with Crippen LogP contribution in [0.4, 0.5) is 0 Å². The molecule has 0 rings (SSSR count). The molecule has 0 bridgehead atoms. The Morgan fingerprint density at radius 2 is 1.71 bits per heavy atom. The van der Waals surface area contributed by atoms with E-state index in [0.717, 1.165) is 12.8 Å². The van der Waals surface area contributed by atoms with Crippen molar-refractivity contribution in [2.24, 2.45) is 11.8 Å². The summed E-state index contributed by atoms with van der Waals surface area (Å²) in [6.45, 7) is 11.1. The largest absolute Gasteiger partial charge is 0.390 e. The summed E-state index contributed by atoms with van der Waals surface area (Å²) in [4.78, 5) is 0. The highest BCUT2D eigenvalue weighted by atomic mass is 16.5. The fourth-order valence-corrected chi connectivity index (χ4v) is 1.83. The molecule has 2 heteroatoms. The van der Waals surface area contributed by atoms with Crippen molar-refractivity contribution in [1.82, 2.24) is 0 Å². The maximum absolute atomic E-state index is 10.1. The lowest BCUT2D eigenvalue weighted by molar-refractivity contribution is -0.0782. The summed E-state index contributed by atoms with van der Waals surface area (Å²) in [5.74, 6) is 0.711. The van der Waals surface area contributed by atoms with Crippen LogP contribution >= 0.6 is 0 Å². The van der Waals surface area contributed by atoms with E-state index < -0.39 is 0 Å². The van der Waals surface area contributed by atoms with Crippen molar-refractivity contribution in [3.05, 3.63) is 0 Å². The summed E-state index contributed by atoms with van der Waals surface area (Å²) >= 11 is 0. The van der Waals surface area contributed by atoms with Crippen molar-refractivity contribution < 1.29 is 9.84 Å². The third-order valence-corrected chi connectivity index (χ3v) is 2.68. The van der Waals surface area contributed by atoms with Crippen LogP contribution in [0.5, 0.6) is 0 Å². The molecular formula is C12H26O2. The molecule has 0 aliphatic carbocycles. The number of rotatable bonds is 7. The maximum Gasteiger partial charge on any atom is 0.0859 e. The topological polar surface area (TPSA) is 29.5 Å². The van der Waals surface area contributed by atoms with Gasteiger partial charge < -0.3 is 9.84 Å². The van der Waals surface area contributed by atoms with Gasteiger partial charge in [-0.05, 0) is 25.2 Å². The minimum absolute atomic E-state index is 0.0125. The van der Waals surface area contributed by atoms with E-state index in [2.05, 4.69) is 27.7 Å². The Labute approximate surface area is 88.7 Å². The Hall–Kier alpha value is -0.0800. The van der Waals surface area contributed by atoms with Crippen LogP contribution in [0.2, 0.25) is 0 Å². The van der Waals surface area contributed by atoms with Gasteiger partial charge in [-0.1, -0.05) is 34.1 Å². The first-order valence-corrected chi connectivity index (χ1v) is 5.84. The van der Waals surface area contributed by atoms with Gasteiger partial charge in [0.25, 0.3) is 0 Å². The molecule has 14 heavy (non-hydrogen) atoms.